The van der Waals surface area contributed by atoms with Gasteiger partial charge in [-0.25, -0.2) is 4.98 Å². The van der Waals surface area contributed by atoms with E-state index >= 15 is 0 Å². The van der Waals surface area contributed by atoms with Crippen LogP contribution in [0, 0.1) is 6.92 Å². The van der Waals surface area contributed by atoms with Crippen LogP contribution in [0.15, 0.2) is 30.6 Å². The smallest absolute Gasteiger partial charge is 0.139 e. The number of nitrogen functional groups attached to an aromatic ring is 1. The van der Waals surface area contributed by atoms with E-state index in [-0.39, 0.29) is 0 Å². The van der Waals surface area contributed by atoms with Gasteiger partial charge in [-0.2, -0.15) is 0 Å². The van der Waals surface area contributed by atoms with Gasteiger partial charge in [-0.05, 0) is 24.6 Å². The van der Waals surface area contributed by atoms with Crippen LogP contribution >= 0.6 is 0 Å². The lowest BCUT2D eigenvalue weighted by molar-refractivity contribution is 0.923. The number of benzene rings is 1. The third kappa shape index (κ3) is 1.37. The number of hydrogen-bond donors (Lipinski definition) is 1. The van der Waals surface area contributed by atoms with Crippen LogP contribution in [0.2, 0.25) is 0 Å². The van der Waals surface area contributed by atoms with Gasteiger partial charge in [0.2, 0.25) is 0 Å². The van der Waals surface area contributed by atoms with Crippen molar-refractivity contribution in [1.29, 1.82) is 0 Å². The Kier molecular flexibility index (Phi) is 2.00. The van der Waals surface area contributed by atoms with Gasteiger partial charge in [-0.3, -0.25) is 0 Å². The third-order valence-electron chi connectivity index (χ3n) is 2.32. The zero-order valence-electron chi connectivity index (χ0n) is 8.36. The largest absolute Gasteiger partial charge is 0.399 e. The van der Waals surface area contributed by atoms with E-state index in [4.69, 9.17) is 5.73 Å². The quantitative estimate of drug-likeness (QED) is 0.694. The van der Waals surface area contributed by atoms with Crippen LogP contribution in [0.1, 0.15) is 5.56 Å². The minimum Gasteiger partial charge on any atom is -0.399 e. The van der Waals surface area contributed by atoms with Gasteiger partial charge in [0.1, 0.15) is 5.82 Å². The van der Waals surface area contributed by atoms with Crippen molar-refractivity contribution in [2.24, 2.45) is 7.05 Å². The number of rotatable bonds is 1. The summed E-state index contributed by atoms with van der Waals surface area (Å²) in [5.41, 5.74) is 8.80. The Labute approximate surface area is 83.2 Å². The van der Waals surface area contributed by atoms with E-state index in [1.54, 1.807) is 6.20 Å². The highest BCUT2D eigenvalue weighted by atomic mass is 15.0. The second-order valence-corrected chi connectivity index (χ2v) is 3.44. The van der Waals surface area contributed by atoms with Crippen molar-refractivity contribution >= 4 is 5.69 Å². The summed E-state index contributed by atoms with van der Waals surface area (Å²) in [6, 6.07) is 5.87. The predicted molar refractivity (Wildman–Crippen MR) is 57.8 cm³/mol. The topological polar surface area (TPSA) is 43.8 Å². The number of hydrogen-bond acceptors (Lipinski definition) is 2. The number of imidazole rings is 1. The molecule has 0 saturated carbocycles. The molecule has 3 nitrogen and oxygen atoms in total. The van der Waals surface area contributed by atoms with Gasteiger partial charge in [0.05, 0.1) is 0 Å². The van der Waals surface area contributed by atoms with Crippen LogP contribution in [0.4, 0.5) is 5.69 Å². The Morgan fingerprint density at radius 1 is 1.36 bits per heavy atom. The SMILES string of the molecule is Cc1ccc(N)cc1-c1nccn1C. The Hall–Kier alpha value is -1.77. The van der Waals surface area contributed by atoms with Gasteiger partial charge in [-0.1, -0.05) is 6.07 Å². The zero-order chi connectivity index (χ0) is 10.1. The number of nitrogens with two attached hydrogens (primary N) is 1. The molecule has 0 spiro atoms. The second-order valence-electron chi connectivity index (χ2n) is 3.44. The molecule has 0 aliphatic heterocycles. The molecular weight excluding hydrogens is 174 g/mol. The molecule has 0 aliphatic rings. The van der Waals surface area contributed by atoms with E-state index in [0.717, 1.165) is 17.1 Å². The molecule has 1 aromatic heterocycles. The first kappa shape index (κ1) is 8.81. The molecular formula is C11H13N3. The Balaban J connectivity index is 2.62. The standard InChI is InChI=1S/C11H13N3/c1-8-3-4-9(12)7-10(8)11-13-5-6-14(11)2/h3-7H,12H2,1-2H3. The summed E-state index contributed by atoms with van der Waals surface area (Å²) in [4.78, 5) is 4.30. The van der Waals surface area contributed by atoms with Crippen LogP contribution in [0.25, 0.3) is 11.4 Å². The van der Waals surface area contributed by atoms with Crippen LogP contribution in [0.5, 0.6) is 0 Å². The first-order chi connectivity index (χ1) is 6.68. The van der Waals surface area contributed by atoms with Crippen LogP contribution < -0.4 is 5.73 Å². The van der Waals surface area contributed by atoms with E-state index in [9.17, 15) is 0 Å². The monoisotopic (exact) mass is 187 g/mol. The fraction of sp³-hybridized carbons (Fsp3) is 0.182. The van der Waals surface area contributed by atoms with E-state index in [1.807, 2.05) is 36.0 Å². The molecule has 0 amide bonds. The molecule has 0 bridgehead atoms. The molecule has 2 N–H and O–H groups in total. The number of aryl methyl sites for hydroxylation is 2. The molecule has 72 valence electrons. The van der Waals surface area contributed by atoms with Gasteiger partial charge in [0, 0.05) is 30.7 Å². The summed E-state index contributed by atoms with van der Waals surface area (Å²) < 4.78 is 1.99. The molecule has 0 atom stereocenters. The predicted octanol–water partition coefficient (Wildman–Crippen LogP) is 1.98. The summed E-state index contributed by atoms with van der Waals surface area (Å²) in [7, 11) is 1.98. The van der Waals surface area contributed by atoms with Crippen molar-refractivity contribution < 1.29 is 0 Å². The van der Waals surface area contributed by atoms with Gasteiger partial charge in [0.25, 0.3) is 0 Å². The number of anilines is 1. The van der Waals surface area contributed by atoms with Gasteiger partial charge < -0.3 is 10.3 Å². The highest BCUT2D eigenvalue weighted by molar-refractivity contribution is 5.65. The average Bonchev–Trinajstić information content (AvgIpc) is 2.56. The molecule has 1 aromatic carbocycles. The molecule has 2 rings (SSSR count). The van der Waals surface area contributed by atoms with Crippen LogP contribution in [-0.4, -0.2) is 9.55 Å². The maximum atomic E-state index is 5.75. The maximum absolute atomic E-state index is 5.75. The van der Waals surface area contributed by atoms with Gasteiger partial charge in [-0.15, -0.1) is 0 Å². The Morgan fingerprint density at radius 3 is 2.79 bits per heavy atom. The first-order valence-electron chi connectivity index (χ1n) is 4.52. The fourth-order valence-electron chi connectivity index (χ4n) is 1.51. The highest BCUT2D eigenvalue weighted by Crippen LogP contribution is 2.23. The molecule has 14 heavy (non-hydrogen) atoms. The Morgan fingerprint density at radius 2 is 2.14 bits per heavy atom. The van der Waals surface area contributed by atoms with Crippen molar-refractivity contribution in [3.63, 3.8) is 0 Å². The maximum Gasteiger partial charge on any atom is 0.139 e. The molecule has 1 heterocycles. The number of nitrogens with zero attached hydrogens (tertiary/aromatic N) is 2. The zero-order valence-corrected chi connectivity index (χ0v) is 8.36. The van der Waals surface area contributed by atoms with E-state index in [2.05, 4.69) is 11.9 Å². The van der Waals surface area contributed by atoms with Crippen molar-refractivity contribution in [3.8, 4) is 11.4 Å². The average molecular weight is 187 g/mol. The lowest BCUT2D eigenvalue weighted by Crippen LogP contribution is -1.95. The minimum atomic E-state index is 0.772. The molecule has 0 fully saturated rings. The Bertz CT molecular complexity index is 457. The minimum absolute atomic E-state index is 0.772. The number of aromatic nitrogens is 2. The first-order valence-corrected chi connectivity index (χ1v) is 4.52. The summed E-state index contributed by atoms with van der Waals surface area (Å²) in [5.74, 6) is 0.954. The van der Waals surface area contributed by atoms with Crippen molar-refractivity contribution in [1.82, 2.24) is 9.55 Å². The summed E-state index contributed by atoms with van der Waals surface area (Å²) in [6.45, 7) is 2.06. The molecule has 0 unspecified atom stereocenters. The van der Waals surface area contributed by atoms with Crippen molar-refractivity contribution in [2.75, 3.05) is 5.73 Å². The lowest BCUT2D eigenvalue weighted by atomic mass is 10.1. The normalized spacial score (nSPS) is 10.4. The molecule has 0 aliphatic carbocycles. The van der Waals surface area contributed by atoms with Crippen LogP contribution in [0.3, 0.4) is 0 Å². The highest BCUT2D eigenvalue weighted by Gasteiger charge is 2.06. The summed E-state index contributed by atoms with van der Waals surface area (Å²) in [6.07, 6.45) is 3.72. The molecule has 0 radical (unpaired) electrons. The van der Waals surface area contributed by atoms with E-state index < -0.39 is 0 Å². The van der Waals surface area contributed by atoms with E-state index in [1.165, 1.54) is 5.56 Å². The molecule has 2 aromatic rings. The van der Waals surface area contributed by atoms with Crippen molar-refractivity contribution in [2.45, 2.75) is 6.92 Å². The van der Waals surface area contributed by atoms with Crippen molar-refractivity contribution in [3.05, 3.63) is 36.2 Å². The molecule has 3 heteroatoms. The van der Waals surface area contributed by atoms with Gasteiger partial charge in [0.15, 0.2) is 0 Å². The van der Waals surface area contributed by atoms with Gasteiger partial charge >= 0.3 is 0 Å². The fourth-order valence-corrected chi connectivity index (χ4v) is 1.51. The summed E-state index contributed by atoms with van der Waals surface area (Å²) in [5, 5.41) is 0. The second kappa shape index (κ2) is 3.18. The summed E-state index contributed by atoms with van der Waals surface area (Å²) >= 11 is 0. The van der Waals surface area contributed by atoms with E-state index in [0.29, 0.717) is 0 Å². The molecule has 0 saturated heterocycles. The third-order valence-corrected chi connectivity index (χ3v) is 2.32. The van der Waals surface area contributed by atoms with Crippen LogP contribution in [-0.2, 0) is 7.05 Å². The lowest BCUT2D eigenvalue weighted by Gasteiger charge is -2.06.